The molecular formula is C14H19Cl2N. The van der Waals surface area contributed by atoms with E-state index in [2.05, 4.69) is 24.8 Å². The van der Waals surface area contributed by atoms with Gasteiger partial charge in [-0.05, 0) is 30.4 Å². The molecule has 3 heteroatoms. The zero-order valence-corrected chi connectivity index (χ0v) is 11.9. The second kappa shape index (κ2) is 5.49. The zero-order chi connectivity index (χ0) is 12.4. The van der Waals surface area contributed by atoms with Crippen molar-refractivity contribution in [3.05, 3.63) is 28.8 Å². The van der Waals surface area contributed by atoms with E-state index < -0.39 is 0 Å². The Kier molecular flexibility index (Phi) is 4.22. The molecule has 2 atom stereocenters. The van der Waals surface area contributed by atoms with Crippen LogP contribution in [0.2, 0.25) is 5.02 Å². The standard InChI is InChI=1S/C14H19Cl2N/c1-10-6-7-17(9-11(10)2)14-5-3-4-13(16)12(14)8-15/h3-5,10-11H,6-9H2,1-2H3. The lowest BCUT2D eigenvalue weighted by molar-refractivity contribution is 0.323. The Bertz CT molecular complexity index is 392. The summed E-state index contributed by atoms with van der Waals surface area (Å²) in [6.07, 6.45) is 1.25. The van der Waals surface area contributed by atoms with Gasteiger partial charge in [-0.3, -0.25) is 0 Å². The van der Waals surface area contributed by atoms with E-state index in [9.17, 15) is 0 Å². The molecule has 0 saturated carbocycles. The van der Waals surface area contributed by atoms with Gasteiger partial charge in [-0.1, -0.05) is 31.5 Å². The van der Waals surface area contributed by atoms with Crippen LogP contribution in [-0.2, 0) is 5.88 Å². The first-order chi connectivity index (χ1) is 8.13. The number of alkyl halides is 1. The van der Waals surface area contributed by atoms with Gasteiger partial charge in [0.05, 0.1) is 5.88 Å². The van der Waals surface area contributed by atoms with E-state index in [-0.39, 0.29) is 0 Å². The number of hydrogen-bond acceptors (Lipinski definition) is 1. The molecule has 1 saturated heterocycles. The minimum atomic E-state index is 0.482. The van der Waals surface area contributed by atoms with E-state index in [0.29, 0.717) is 5.88 Å². The summed E-state index contributed by atoms with van der Waals surface area (Å²) >= 11 is 12.2. The third-order valence-corrected chi connectivity index (χ3v) is 4.52. The van der Waals surface area contributed by atoms with Crippen LogP contribution in [0.5, 0.6) is 0 Å². The molecule has 0 bridgehead atoms. The summed E-state index contributed by atoms with van der Waals surface area (Å²) in [7, 11) is 0. The van der Waals surface area contributed by atoms with Gasteiger partial charge >= 0.3 is 0 Å². The fraction of sp³-hybridized carbons (Fsp3) is 0.571. The number of halogens is 2. The molecule has 0 N–H and O–H groups in total. The Hall–Kier alpha value is -0.400. The van der Waals surface area contributed by atoms with Gasteiger partial charge in [-0.25, -0.2) is 0 Å². The first-order valence-corrected chi connectivity index (χ1v) is 7.13. The van der Waals surface area contributed by atoms with Gasteiger partial charge in [0.25, 0.3) is 0 Å². The highest BCUT2D eigenvalue weighted by Gasteiger charge is 2.24. The van der Waals surface area contributed by atoms with Crippen molar-refractivity contribution < 1.29 is 0 Å². The lowest BCUT2D eigenvalue weighted by Crippen LogP contribution is -2.38. The average molecular weight is 272 g/mol. The first kappa shape index (κ1) is 13.0. The van der Waals surface area contributed by atoms with Gasteiger partial charge in [0.15, 0.2) is 0 Å². The van der Waals surface area contributed by atoms with E-state index in [1.807, 2.05) is 12.1 Å². The molecule has 2 unspecified atom stereocenters. The van der Waals surface area contributed by atoms with Crippen molar-refractivity contribution in [3.8, 4) is 0 Å². The van der Waals surface area contributed by atoms with Crippen LogP contribution < -0.4 is 4.90 Å². The van der Waals surface area contributed by atoms with E-state index in [0.717, 1.165) is 35.5 Å². The molecule has 1 aromatic carbocycles. The molecule has 0 amide bonds. The van der Waals surface area contributed by atoms with Gasteiger partial charge in [0.2, 0.25) is 0 Å². The van der Waals surface area contributed by atoms with Crippen LogP contribution in [0, 0.1) is 11.8 Å². The van der Waals surface area contributed by atoms with Crippen LogP contribution >= 0.6 is 23.2 Å². The maximum absolute atomic E-state index is 6.20. The highest BCUT2D eigenvalue weighted by molar-refractivity contribution is 6.32. The Morgan fingerprint density at radius 2 is 2.06 bits per heavy atom. The molecule has 1 heterocycles. The number of nitrogens with zero attached hydrogens (tertiary/aromatic N) is 1. The van der Waals surface area contributed by atoms with Gasteiger partial charge in [-0.2, -0.15) is 0 Å². The van der Waals surface area contributed by atoms with E-state index in [1.165, 1.54) is 12.1 Å². The molecule has 1 fully saturated rings. The summed E-state index contributed by atoms with van der Waals surface area (Å²) in [5, 5.41) is 0.781. The largest absolute Gasteiger partial charge is 0.371 e. The summed E-state index contributed by atoms with van der Waals surface area (Å²) in [4.78, 5) is 2.42. The normalized spacial score (nSPS) is 25.1. The molecule has 0 spiro atoms. The minimum Gasteiger partial charge on any atom is -0.371 e. The Morgan fingerprint density at radius 1 is 1.29 bits per heavy atom. The number of anilines is 1. The molecule has 0 radical (unpaired) electrons. The van der Waals surface area contributed by atoms with Crippen molar-refractivity contribution >= 4 is 28.9 Å². The smallest absolute Gasteiger partial charge is 0.0509 e. The quantitative estimate of drug-likeness (QED) is 0.713. The molecule has 1 aliphatic heterocycles. The van der Waals surface area contributed by atoms with Crippen molar-refractivity contribution in [1.82, 2.24) is 0 Å². The maximum Gasteiger partial charge on any atom is 0.0509 e. The zero-order valence-electron chi connectivity index (χ0n) is 10.4. The van der Waals surface area contributed by atoms with E-state index >= 15 is 0 Å². The molecule has 1 nitrogen and oxygen atoms in total. The summed E-state index contributed by atoms with van der Waals surface area (Å²) in [5.41, 5.74) is 2.28. The summed E-state index contributed by atoms with van der Waals surface area (Å²) in [5.74, 6) is 2.02. The van der Waals surface area contributed by atoms with Crippen LogP contribution in [-0.4, -0.2) is 13.1 Å². The molecule has 0 aliphatic carbocycles. The fourth-order valence-corrected chi connectivity index (χ4v) is 3.04. The van der Waals surface area contributed by atoms with Crippen molar-refractivity contribution in [2.75, 3.05) is 18.0 Å². The maximum atomic E-state index is 6.20. The highest BCUT2D eigenvalue weighted by Crippen LogP contribution is 2.33. The molecule has 0 aromatic heterocycles. The van der Waals surface area contributed by atoms with Crippen LogP contribution in [0.4, 0.5) is 5.69 Å². The average Bonchev–Trinajstić information content (AvgIpc) is 2.32. The number of rotatable bonds is 2. The van der Waals surface area contributed by atoms with E-state index in [4.69, 9.17) is 23.2 Å². The van der Waals surface area contributed by atoms with Crippen molar-refractivity contribution in [3.63, 3.8) is 0 Å². The molecule has 94 valence electrons. The third kappa shape index (κ3) is 2.71. The monoisotopic (exact) mass is 271 g/mol. The summed E-state index contributed by atoms with van der Waals surface area (Å²) in [6, 6.07) is 6.06. The first-order valence-electron chi connectivity index (χ1n) is 6.21. The van der Waals surface area contributed by atoms with Crippen molar-refractivity contribution in [1.29, 1.82) is 0 Å². The minimum absolute atomic E-state index is 0.482. The topological polar surface area (TPSA) is 3.24 Å². The lowest BCUT2D eigenvalue weighted by atomic mass is 9.88. The molecule has 2 rings (SSSR count). The second-order valence-electron chi connectivity index (χ2n) is 5.06. The van der Waals surface area contributed by atoms with E-state index in [1.54, 1.807) is 0 Å². The Morgan fingerprint density at radius 3 is 2.71 bits per heavy atom. The highest BCUT2D eigenvalue weighted by atomic mass is 35.5. The molecule has 17 heavy (non-hydrogen) atoms. The molecular weight excluding hydrogens is 253 g/mol. The summed E-state index contributed by atoms with van der Waals surface area (Å²) < 4.78 is 0. The van der Waals surface area contributed by atoms with Gasteiger partial charge in [0, 0.05) is 29.4 Å². The van der Waals surface area contributed by atoms with Gasteiger partial charge in [-0.15, -0.1) is 11.6 Å². The predicted octanol–water partition coefficient (Wildman–Crippen LogP) is 4.56. The van der Waals surface area contributed by atoms with Crippen LogP contribution in [0.25, 0.3) is 0 Å². The lowest BCUT2D eigenvalue weighted by Gasteiger charge is -2.37. The molecule has 1 aliphatic rings. The van der Waals surface area contributed by atoms with Crippen LogP contribution in [0.15, 0.2) is 18.2 Å². The number of hydrogen-bond donors (Lipinski definition) is 0. The fourth-order valence-electron chi connectivity index (χ4n) is 2.46. The van der Waals surface area contributed by atoms with Crippen molar-refractivity contribution in [2.24, 2.45) is 11.8 Å². The van der Waals surface area contributed by atoms with Gasteiger partial charge < -0.3 is 4.90 Å². The number of benzene rings is 1. The Labute approximate surface area is 114 Å². The Balaban J connectivity index is 2.25. The van der Waals surface area contributed by atoms with Crippen LogP contribution in [0.1, 0.15) is 25.8 Å². The summed E-state index contributed by atoms with van der Waals surface area (Å²) in [6.45, 7) is 6.87. The third-order valence-electron chi connectivity index (χ3n) is 3.90. The van der Waals surface area contributed by atoms with Crippen LogP contribution in [0.3, 0.4) is 0 Å². The SMILES string of the molecule is CC1CCN(c2cccc(Cl)c2CCl)CC1C. The molecule has 1 aromatic rings. The second-order valence-corrected chi connectivity index (χ2v) is 5.73. The van der Waals surface area contributed by atoms with Gasteiger partial charge in [0.1, 0.15) is 0 Å². The number of piperidine rings is 1. The predicted molar refractivity (Wildman–Crippen MR) is 76.2 cm³/mol. The van der Waals surface area contributed by atoms with Crippen molar-refractivity contribution in [2.45, 2.75) is 26.1 Å².